The Kier molecular flexibility index (Phi) is 3.95. The van der Waals surface area contributed by atoms with Crippen LogP contribution in [0, 0.1) is 5.92 Å². The lowest BCUT2D eigenvalue weighted by atomic mass is 10.4. The summed E-state index contributed by atoms with van der Waals surface area (Å²) in [5, 5.41) is -0.221. The molecule has 4 nitrogen and oxygen atoms in total. The van der Waals surface area contributed by atoms with E-state index in [0.29, 0.717) is 0 Å². The first-order chi connectivity index (χ1) is 6.65. The van der Waals surface area contributed by atoms with Crippen molar-refractivity contribution < 1.29 is 19.1 Å². The van der Waals surface area contributed by atoms with Gasteiger partial charge in [0, 0.05) is 0 Å². The standard InChI is InChI=1S/C9H11ClO4/c1-2-13-9(12)7(10)5-14-8(11)6-3-4-6/h5-6H,2-4H2,1H3. The topological polar surface area (TPSA) is 52.6 Å². The fraction of sp³-hybridized carbons (Fsp3) is 0.556. The van der Waals surface area contributed by atoms with Crippen LogP contribution in [-0.2, 0) is 19.1 Å². The van der Waals surface area contributed by atoms with Gasteiger partial charge < -0.3 is 9.47 Å². The molecular weight excluding hydrogens is 208 g/mol. The van der Waals surface area contributed by atoms with Crippen LogP contribution in [0.1, 0.15) is 19.8 Å². The molecule has 0 radical (unpaired) electrons. The van der Waals surface area contributed by atoms with Gasteiger partial charge in [0.05, 0.1) is 12.5 Å². The maximum atomic E-state index is 11.0. The van der Waals surface area contributed by atoms with Gasteiger partial charge in [0.15, 0.2) is 5.03 Å². The van der Waals surface area contributed by atoms with Crippen molar-refractivity contribution in [1.82, 2.24) is 0 Å². The van der Waals surface area contributed by atoms with E-state index in [4.69, 9.17) is 11.6 Å². The number of hydrogen-bond acceptors (Lipinski definition) is 4. The summed E-state index contributed by atoms with van der Waals surface area (Å²) >= 11 is 5.49. The van der Waals surface area contributed by atoms with Crippen LogP contribution in [0.5, 0.6) is 0 Å². The fourth-order valence-electron chi connectivity index (χ4n) is 0.773. The molecule has 0 bridgehead atoms. The van der Waals surface area contributed by atoms with E-state index in [9.17, 15) is 9.59 Å². The van der Waals surface area contributed by atoms with Crippen molar-refractivity contribution in [1.29, 1.82) is 0 Å². The lowest BCUT2D eigenvalue weighted by Gasteiger charge is -1.99. The molecule has 0 aromatic heterocycles. The monoisotopic (exact) mass is 218 g/mol. The number of rotatable bonds is 4. The van der Waals surface area contributed by atoms with Gasteiger partial charge in [0.25, 0.3) is 0 Å². The fourth-order valence-corrected chi connectivity index (χ4v) is 0.872. The Morgan fingerprint density at radius 2 is 2.14 bits per heavy atom. The predicted molar refractivity (Wildman–Crippen MR) is 49.4 cm³/mol. The summed E-state index contributed by atoms with van der Waals surface area (Å²) < 4.78 is 9.24. The van der Waals surface area contributed by atoms with Crippen molar-refractivity contribution in [3.05, 3.63) is 11.3 Å². The molecule has 14 heavy (non-hydrogen) atoms. The minimum absolute atomic E-state index is 0.0158. The van der Waals surface area contributed by atoms with E-state index in [1.165, 1.54) is 0 Å². The van der Waals surface area contributed by atoms with E-state index in [-0.39, 0.29) is 23.5 Å². The van der Waals surface area contributed by atoms with Gasteiger partial charge in [-0.2, -0.15) is 0 Å². The third-order valence-electron chi connectivity index (χ3n) is 1.66. The molecule has 0 aliphatic heterocycles. The van der Waals surface area contributed by atoms with E-state index in [1.807, 2.05) is 0 Å². The summed E-state index contributed by atoms with van der Waals surface area (Å²) in [5.41, 5.74) is 0. The predicted octanol–water partition coefficient (Wildman–Crippen LogP) is 1.58. The lowest BCUT2D eigenvalue weighted by Crippen LogP contribution is -2.06. The molecule has 1 aliphatic rings. The van der Waals surface area contributed by atoms with Gasteiger partial charge in [-0.05, 0) is 19.8 Å². The smallest absolute Gasteiger partial charge is 0.352 e. The van der Waals surface area contributed by atoms with Gasteiger partial charge in [-0.3, -0.25) is 4.79 Å². The van der Waals surface area contributed by atoms with Crippen LogP contribution >= 0.6 is 11.6 Å². The highest BCUT2D eigenvalue weighted by Gasteiger charge is 2.31. The first-order valence-electron chi connectivity index (χ1n) is 4.38. The second-order valence-corrected chi connectivity index (χ2v) is 3.30. The van der Waals surface area contributed by atoms with E-state index >= 15 is 0 Å². The third kappa shape index (κ3) is 3.38. The number of ether oxygens (including phenoxy) is 2. The van der Waals surface area contributed by atoms with Crippen molar-refractivity contribution >= 4 is 23.5 Å². The first-order valence-corrected chi connectivity index (χ1v) is 4.76. The molecule has 1 rings (SSSR count). The quantitative estimate of drug-likeness (QED) is 0.409. The second kappa shape index (κ2) is 5.00. The molecule has 0 atom stereocenters. The molecule has 5 heteroatoms. The van der Waals surface area contributed by atoms with Crippen LogP contribution in [0.2, 0.25) is 0 Å². The largest absolute Gasteiger partial charge is 0.462 e. The van der Waals surface area contributed by atoms with Gasteiger partial charge >= 0.3 is 11.9 Å². The molecule has 0 saturated heterocycles. The highest BCUT2D eigenvalue weighted by molar-refractivity contribution is 6.41. The van der Waals surface area contributed by atoms with E-state index < -0.39 is 5.97 Å². The van der Waals surface area contributed by atoms with Crippen LogP contribution in [0.25, 0.3) is 0 Å². The van der Waals surface area contributed by atoms with Crippen LogP contribution in [0.15, 0.2) is 11.3 Å². The Morgan fingerprint density at radius 3 is 2.64 bits per heavy atom. The van der Waals surface area contributed by atoms with E-state index in [0.717, 1.165) is 19.1 Å². The molecule has 78 valence electrons. The van der Waals surface area contributed by atoms with E-state index in [1.54, 1.807) is 6.92 Å². The molecular formula is C9H11ClO4. The summed E-state index contributed by atoms with van der Waals surface area (Å²) in [6, 6.07) is 0. The van der Waals surface area contributed by atoms with Crippen molar-refractivity contribution in [2.45, 2.75) is 19.8 Å². The molecule has 0 heterocycles. The Bertz CT molecular complexity index is 268. The molecule has 0 amide bonds. The summed E-state index contributed by atoms with van der Waals surface area (Å²) in [4.78, 5) is 21.9. The summed E-state index contributed by atoms with van der Waals surface area (Å²) in [6.45, 7) is 1.90. The van der Waals surface area contributed by atoms with Crippen LogP contribution < -0.4 is 0 Å². The van der Waals surface area contributed by atoms with Gasteiger partial charge in [-0.1, -0.05) is 11.6 Å². The second-order valence-electron chi connectivity index (χ2n) is 2.90. The average molecular weight is 219 g/mol. The zero-order valence-electron chi connectivity index (χ0n) is 7.79. The third-order valence-corrected chi connectivity index (χ3v) is 1.90. The van der Waals surface area contributed by atoms with E-state index in [2.05, 4.69) is 9.47 Å². The van der Waals surface area contributed by atoms with Gasteiger partial charge in [-0.25, -0.2) is 4.79 Å². The number of halogens is 1. The molecule has 0 spiro atoms. The summed E-state index contributed by atoms with van der Waals surface area (Å²) in [5.74, 6) is -1.04. The minimum atomic E-state index is -0.683. The molecule has 0 aromatic rings. The molecule has 1 saturated carbocycles. The zero-order chi connectivity index (χ0) is 10.6. The Labute approximate surface area is 86.8 Å². The average Bonchev–Trinajstić information content (AvgIpc) is 2.97. The number of carbonyl (C=O) groups excluding carboxylic acids is 2. The Morgan fingerprint density at radius 1 is 1.50 bits per heavy atom. The van der Waals surface area contributed by atoms with Gasteiger partial charge in [0.1, 0.15) is 6.26 Å². The summed E-state index contributed by atoms with van der Waals surface area (Å²) in [7, 11) is 0. The first kappa shape index (κ1) is 11.0. The maximum Gasteiger partial charge on any atom is 0.352 e. The molecule has 1 fully saturated rings. The molecule has 0 N–H and O–H groups in total. The van der Waals surface area contributed by atoms with Crippen molar-refractivity contribution in [2.75, 3.05) is 6.61 Å². The minimum Gasteiger partial charge on any atom is -0.462 e. The molecule has 1 aliphatic carbocycles. The van der Waals surface area contributed by atoms with Crippen LogP contribution in [0.4, 0.5) is 0 Å². The Balaban J connectivity index is 2.34. The summed E-state index contributed by atoms with van der Waals surface area (Å²) in [6.07, 6.45) is 2.63. The molecule has 0 unspecified atom stereocenters. The normalized spacial score (nSPS) is 16.3. The lowest BCUT2D eigenvalue weighted by molar-refractivity contribution is -0.140. The number of hydrogen-bond donors (Lipinski definition) is 0. The van der Waals surface area contributed by atoms with Gasteiger partial charge in [0.2, 0.25) is 0 Å². The van der Waals surface area contributed by atoms with Gasteiger partial charge in [-0.15, -0.1) is 0 Å². The van der Waals surface area contributed by atoms with Crippen molar-refractivity contribution in [3.8, 4) is 0 Å². The molecule has 0 aromatic carbocycles. The highest BCUT2D eigenvalue weighted by Crippen LogP contribution is 2.30. The van der Waals surface area contributed by atoms with Crippen LogP contribution in [-0.4, -0.2) is 18.5 Å². The zero-order valence-corrected chi connectivity index (χ0v) is 8.54. The van der Waals surface area contributed by atoms with Crippen molar-refractivity contribution in [3.63, 3.8) is 0 Å². The maximum absolute atomic E-state index is 11.0. The van der Waals surface area contributed by atoms with Crippen LogP contribution in [0.3, 0.4) is 0 Å². The number of esters is 2. The SMILES string of the molecule is CCOC(=O)C(Cl)=COC(=O)C1CC1. The highest BCUT2D eigenvalue weighted by atomic mass is 35.5. The number of carbonyl (C=O) groups is 2. The Hall–Kier alpha value is -1.03. The van der Waals surface area contributed by atoms with Crippen molar-refractivity contribution in [2.24, 2.45) is 5.92 Å².